The molecule has 0 saturated carbocycles. The molecule has 0 aromatic heterocycles. The third kappa shape index (κ3) is 3.31. The van der Waals surface area contributed by atoms with Crippen molar-refractivity contribution in [1.29, 1.82) is 0 Å². The van der Waals surface area contributed by atoms with E-state index in [2.05, 4.69) is 0 Å². The largest absolute Gasteiger partial charge is 0.457 e. The maximum Gasteiger partial charge on any atom is 0.340 e. The summed E-state index contributed by atoms with van der Waals surface area (Å²) in [6.07, 6.45) is 0.352. The molecule has 1 fully saturated rings. The number of rotatable bonds is 4. The minimum absolute atomic E-state index is 0.113. The number of hydrogen-bond donors (Lipinski definition) is 0. The van der Waals surface area contributed by atoms with E-state index in [1.165, 1.54) is 18.2 Å². The van der Waals surface area contributed by atoms with Crippen LogP contribution in [0.2, 0.25) is 5.02 Å². The van der Waals surface area contributed by atoms with Crippen LogP contribution in [0, 0.1) is 0 Å². The Balaban J connectivity index is 1.80. The molecule has 1 aliphatic rings. The first-order valence-corrected chi connectivity index (χ1v) is 7.80. The number of halogens is 1. The summed E-state index contributed by atoms with van der Waals surface area (Å²) >= 11 is 6.06. The van der Waals surface area contributed by atoms with E-state index in [4.69, 9.17) is 16.3 Å². The lowest BCUT2D eigenvalue weighted by atomic mass is 10.2. The molecule has 2 aromatic carbocycles. The molecule has 0 atom stereocenters. The van der Waals surface area contributed by atoms with Gasteiger partial charge in [-0.3, -0.25) is 14.5 Å². The summed E-state index contributed by atoms with van der Waals surface area (Å²) < 4.78 is 5.25. The van der Waals surface area contributed by atoms with Crippen molar-refractivity contribution >= 4 is 35.1 Å². The van der Waals surface area contributed by atoms with Crippen molar-refractivity contribution in [2.45, 2.75) is 19.4 Å². The first-order valence-electron chi connectivity index (χ1n) is 7.42. The van der Waals surface area contributed by atoms with Crippen molar-refractivity contribution in [3.8, 4) is 0 Å². The normalized spacial score (nSPS) is 14.1. The van der Waals surface area contributed by atoms with E-state index in [0.29, 0.717) is 5.69 Å². The van der Waals surface area contributed by atoms with Crippen molar-refractivity contribution in [2.24, 2.45) is 0 Å². The minimum atomic E-state index is -0.607. The first kappa shape index (κ1) is 16.2. The molecular weight excluding hydrogens is 330 g/mol. The Morgan fingerprint density at radius 3 is 2.38 bits per heavy atom. The maximum atomic E-state index is 12.3. The molecule has 1 saturated heterocycles. The van der Waals surface area contributed by atoms with Crippen LogP contribution in [-0.2, 0) is 20.9 Å². The number of nitrogens with zero attached hydrogens (tertiary/aromatic N) is 1. The number of imide groups is 1. The van der Waals surface area contributed by atoms with Gasteiger partial charge < -0.3 is 4.74 Å². The highest BCUT2D eigenvalue weighted by Gasteiger charge is 2.31. The fraction of sp³-hybridized carbons (Fsp3) is 0.167. The lowest BCUT2D eigenvalue weighted by Gasteiger charge is -2.15. The summed E-state index contributed by atoms with van der Waals surface area (Å²) in [6.45, 7) is 0.113. The minimum Gasteiger partial charge on any atom is -0.457 e. The van der Waals surface area contributed by atoms with Gasteiger partial charge in [0.05, 0.1) is 16.3 Å². The second-order valence-corrected chi connectivity index (χ2v) is 5.76. The number of ether oxygens (including phenoxy) is 1. The summed E-state index contributed by atoms with van der Waals surface area (Å²) in [5.74, 6) is -1.18. The quantitative estimate of drug-likeness (QED) is 0.631. The SMILES string of the molecule is O=C(OCc1ccccc1)c1cc(N2C(=O)CCC2=O)ccc1Cl. The average Bonchev–Trinajstić information content (AvgIpc) is 2.93. The second kappa shape index (κ2) is 6.84. The standard InChI is InChI=1S/C18H14ClNO4/c19-15-7-6-13(20-16(21)8-9-17(20)22)10-14(15)18(23)24-11-12-4-2-1-3-5-12/h1-7,10H,8-9,11H2. The van der Waals surface area contributed by atoms with Crippen molar-refractivity contribution in [3.05, 3.63) is 64.7 Å². The van der Waals surface area contributed by atoms with E-state index in [9.17, 15) is 14.4 Å². The molecule has 2 aromatic rings. The van der Waals surface area contributed by atoms with Crippen LogP contribution in [0.25, 0.3) is 0 Å². The van der Waals surface area contributed by atoms with Crippen LogP contribution in [-0.4, -0.2) is 17.8 Å². The monoisotopic (exact) mass is 343 g/mol. The maximum absolute atomic E-state index is 12.3. The molecule has 1 heterocycles. The van der Waals surface area contributed by atoms with E-state index < -0.39 is 5.97 Å². The third-order valence-corrected chi connectivity index (χ3v) is 4.02. The molecule has 0 N–H and O–H groups in total. The molecule has 2 amide bonds. The summed E-state index contributed by atoms with van der Waals surface area (Å²) in [7, 11) is 0. The van der Waals surface area contributed by atoms with Crippen LogP contribution < -0.4 is 4.90 Å². The van der Waals surface area contributed by atoms with Gasteiger partial charge >= 0.3 is 5.97 Å². The number of hydrogen-bond acceptors (Lipinski definition) is 4. The van der Waals surface area contributed by atoms with Crippen LogP contribution in [0.15, 0.2) is 48.5 Å². The second-order valence-electron chi connectivity index (χ2n) is 5.35. The van der Waals surface area contributed by atoms with Gasteiger partial charge in [0.2, 0.25) is 11.8 Å². The number of carbonyl (C=O) groups is 3. The predicted octanol–water partition coefficient (Wildman–Crippen LogP) is 3.35. The Labute approximate surface area is 143 Å². The molecule has 0 radical (unpaired) electrons. The molecule has 6 heteroatoms. The van der Waals surface area contributed by atoms with Gasteiger partial charge in [-0.25, -0.2) is 4.79 Å². The Kier molecular flexibility index (Phi) is 4.62. The molecule has 0 aliphatic carbocycles. The van der Waals surface area contributed by atoms with Crippen molar-refractivity contribution < 1.29 is 19.1 Å². The molecule has 1 aliphatic heterocycles. The summed E-state index contributed by atoms with van der Waals surface area (Å²) in [6, 6.07) is 13.7. The van der Waals surface area contributed by atoms with Gasteiger partial charge in [-0.05, 0) is 23.8 Å². The average molecular weight is 344 g/mol. The molecule has 3 rings (SSSR count). The van der Waals surface area contributed by atoms with Crippen molar-refractivity contribution in [2.75, 3.05) is 4.90 Å². The van der Waals surface area contributed by atoms with E-state index in [1.807, 2.05) is 30.3 Å². The molecule has 5 nitrogen and oxygen atoms in total. The predicted molar refractivity (Wildman–Crippen MR) is 88.7 cm³/mol. The zero-order chi connectivity index (χ0) is 17.1. The number of esters is 1. The highest BCUT2D eigenvalue weighted by atomic mass is 35.5. The topological polar surface area (TPSA) is 63.7 Å². The van der Waals surface area contributed by atoms with Gasteiger partial charge in [0.15, 0.2) is 0 Å². The van der Waals surface area contributed by atoms with E-state index in [-0.39, 0.29) is 41.8 Å². The Hall–Kier alpha value is -2.66. The number of carbonyl (C=O) groups excluding carboxylic acids is 3. The first-order chi connectivity index (χ1) is 11.6. The Morgan fingerprint density at radius 1 is 1.04 bits per heavy atom. The highest BCUT2D eigenvalue weighted by molar-refractivity contribution is 6.34. The third-order valence-electron chi connectivity index (χ3n) is 3.69. The zero-order valence-corrected chi connectivity index (χ0v) is 13.5. The number of amides is 2. The summed E-state index contributed by atoms with van der Waals surface area (Å²) in [5.41, 5.74) is 1.30. The van der Waals surface area contributed by atoms with Crippen molar-refractivity contribution in [3.63, 3.8) is 0 Å². The lowest BCUT2D eigenvalue weighted by Crippen LogP contribution is -2.28. The van der Waals surface area contributed by atoms with Gasteiger partial charge in [0.25, 0.3) is 0 Å². The van der Waals surface area contributed by atoms with Gasteiger partial charge in [-0.15, -0.1) is 0 Å². The molecular formula is C18H14ClNO4. The molecule has 0 bridgehead atoms. The molecule has 122 valence electrons. The fourth-order valence-electron chi connectivity index (χ4n) is 2.47. The summed E-state index contributed by atoms with van der Waals surface area (Å²) in [5, 5.41) is 0.205. The van der Waals surface area contributed by atoms with E-state index in [0.717, 1.165) is 10.5 Å². The highest BCUT2D eigenvalue weighted by Crippen LogP contribution is 2.28. The van der Waals surface area contributed by atoms with E-state index >= 15 is 0 Å². The van der Waals surface area contributed by atoms with Crippen LogP contribution >= 0.6 is 11.6 Å². The van der Waals surface area contributed by atoms with Crippen LogP contribution in [0.3, 0.4) is 0 Å². The zero-order valence-electron chi connectivity index (χ0n) is 12.7. The van der Waals surface area contributed by atoms with Gasteiger partial charge in [0, 0.05) is 12.8 Å². The van der Waals surface area contributed by atoms with Crippen LogP contribution in [0.4, 0.5) is 5.69 Å². The van der Waals surface area contributed by atoms with Gasteiger partial charge in [-0.1, -0.05) is 41.9 Å². The molecule has 0 unspecified atom stereocenters. The summed E-state index contributed by atoms with van der Waals surface area (Å²) in [4.78, 5) is 37.0. The van der Waals surface area contributed by atoms with Crippen molar-refractivity contribution in [1.82, 2.24) is 0 Å². The van der Waals surface area contributed by atoms with Crippen LogP contribution in [0.1, 0.15) is 28.8 Å². The Morgan fingerprint density at radius 2 is 1.71 bits per heavy atom. The van der Waals surface area contributed by atoms with Gasteiger partial charge in [0.1, 0.15) is 6.61 Å². The molecule has 0 spiro atoms. The van der Waals surface area contributed by atoms with Crippen LogP contribution in [0.5, 0.6) is 0 Å². The Bertz CT molecular complexity index is 788. The fourth-order valence-corrected chi connectivity index (χ4v) is 2.67. The lowest BCUT2D eigenvalue weighted by molar-refractivity contribution is -0.121. The van der Waals surface area contributed by atoms with E-state index in [1.54, 1.807) is 0 Å². The smallest absolute Gasteiger partial charge is 0.340 e. The van der Waals surface area contributed by atoms with Gasteiger partial charge in [-0.2, -0.15) is 0 Å². The number of benzene rings is 2. The number of anilines is 1. The molecule has 24 heavy (non-hydrogen) atoms.